The Balaban J connectivity index is 2.39. The van der Waals surface area contributed by atoms with Gasteiger partial charge in [0.2, 0.25) is 0 Å². The van der Waals surface area contributed by atoms with Gasteiger partial charge in [-0.15, -0.1) is 0 Å². The number of hydrogen-bond acceptors (Lipinski definition) is 4. The Morgan fingerprint density at radius 1 is 1.30 bits per heavy atom. The molecule has 0 fully saturated rings. The fourth-order valence-electron chi connectivity index (χ4n) is 2.13. The molecule has 20 heavy (non-hydrogen) atoms. The van der Waals surface area contributed by atoms with Gasteiger partial charge in [0, 0.05) is 16.9 Å². The Labute approximate surface area is 117 Å². The van der Waals surface area contributed by atoms with Crippen molar-refractivity contribution in [2.24, 2.45) is 0 Å². The highest BCUT2D eigenvalue weighted by Gasteiger charge is 2.10. The van der Waals surface area contributed by atoms with Crippen molar-refractivity contribution in [1.29, 1.82) is 0 Å². The highest BCUT2D eigenvalue weighted by atomic mass is 16.4. The molecule has 2 N–H and O–H groups in total. The first kappa shape index (κ1) is 14.0. The quantitative estimate of drug-likeness (QED) is 0.893. The highest BCUT2D eigenvalue weighted by molar-refractivity contribution is 5.89. The molecule has 0 radical (unpaired) electrons. The van der Waals surface area contributed by atoms with E-state index >= 15 is 0 Å². The highest BCUT2D eigenvalue weighted by Crippen LogP contribution is 2.22. The van der Waals surface area contributed by atoms with Gasteiger partial charge in [-0.2, -0.15) is 0 Å². The van der Waals surface area contributed by atoms with Crippen molar-refractivity contribution in [2.75, 3.05) is 5.32 Å². The Morgan fingerprint density at radius 2 is 2.05 bits per heavy atom. The first-order valence-corrected chi connectivity index (χ1v) is 6.45. The first-order valence-electron chi connectivity index (χ1n) is 6.45. The van der Waals surface area contributed by atoms with E-state index in [0.717, 1.165) is 23.5 Å². The molecule has 1 aromatic heterocycles. The predicted molar refractivity (Wildman–Crippen MR) is 77.6 cm³/mol. The standard InChI is InChI=1S/C15H17N3O2/c1-4-13-9(2)16-10(3)17-14(13)18-12-7-5-6-11(8-12)15(19)20/h5-8H,4H2,1-3H3,(H,19,20)(H,16,17,18). The average molecular weight is 271 g/mol. The van der Waals surface area contributed by atoms with E-state index in [4.69, 9.17) is 5.11 Å². The largest absolute Gasteiger partial charge is 0.478 e. The molecule has 0 aliphatic rings. The number of aromatic nitrogens is 2. The molecule has 104 valence electrons. The van der Waals surface area contributed by atoms with E-state index in [1.807, 2.05) is 26.8 Å². The predicted octanol–water partition coefficient (Wildman–Crippen LogP) is 3.10. The summed E-state index contributed by atoms with van der Waals surface area (Å²) in [7, 11) is 0. The van der Waals surface area contributed by atoms with Crippen molar-refractivity contribution in [3.8, 4) is 0 Å². The fraction of sp³-hybridized carbons (Fsp3) is 0.267. The van der Waals surface area contributed by atoms with Gasteiger partial charge in [-0.05, 0) is 38.5 Å². The number of carbonyl (C=O) groups is 1. The summed E-state index contributed by atoms with van der Waals surface area (Å²) in [4.78, 5) is 19.7. The first-order chi connectivity index (χ1) is 9.51. The molecule has 0 spiro atoms. The zero-order valence-electron chi connectivity index (χ0n) is 11.8. The van der Waals surface area contributed by atoms with Crippen molar-refractivity contribution in [1.82, 2.24) is 9.97 Å². The van der Waals surface area contributed by atoms with Gasteiger partial charge < -0.3 is 10.4 Å². The van der Waals surface area contributed by atoms with Crippen LogP contribution in [-0.4, -0.2) is 21.0 Å². The summed E-state index contributed by atoms with van der Waals surface area (Å²) < 4.78 is 0. The van der Waals surface area contributed by atoms with Gasteiger partial charge in [0.15, 0.2) is 0 Å². The van der Waals surface area contributed by atoms with Gasteiger partial charge in [-0.25, -0.2) is 14.8 Å². The van der Waals surface area contributed by atoms with Crippen LogP contribution in [-0.2, 0) is 6.42 Å². The minimum absolute atomic E-state index is 0.246. The average Bonchev–Trinajstić information content (AvgIpc) is 2.38. The van der Waals surface area contributed by atoms with E-state index in [1.54, 1.807) is 18.2 Å². The van der Waals surface area contributed by atoms with Crippen LogP contribution in [0.3, 0.4) is 0 Å². The van der Waals surface area contributed by atoms with E-state index in [9.17, 15) is 4.79 Å². The SMILES string of the molecule is CCc1c(C)nc(C)nc1Nc1cccc(C(=O)O)c1. The van der Waals surface area contributed by atoms with Crippen LogP contribution in [0.2, 0.25) is 0 Å². The van der Waals surface area contributed by atoms with Crippen LogP contribution < -0.4 is 5.32 Å². The van der Waals surface area contributed by atoms with Crippen molar-refractivity contribution < 1.29 is 9.90 Å². The van der Waals surface area contributed by atoms with Crippen LogP contribution in [0.4, 0.5) is 11.5 Å². The van der Waals surface area contributed by atoms with Crippen LogP contribution in [0.15, 0.2) is 24.3 Å². The third-order valence-electron chi connectivity index (χ3n) is 3.05. The van der Waals surface area contributed by atoms with E-state index in [1.165, 1.54) is 0 Å². The lowest BCUT2D eigenvalue weighted by molar-refractivity contribution is 0.0697. The second-order valence-corrected chi connectivity index (χ2v) is 4.55. The van der Waals surface area contributed by atoms with Gasteiger partial charge in [-0.3, -0.25) is 0 Å². The van der Waals surface area contributed by atoms with Crippen molar-refractivity contribution in [2.45, 2.75) is 27.2 Å². The van der Waals surface area contributed by atoms with Crippen LogP contribution >= 0.6 is 0 Å². The van der Waals surface area contributed by atoms with E-state index in [-0.39, 0.29) is 5.56 Å². The molecule has 0 aliphatic carbocycles. The van der Waals surface area contributed by atoms with Crippen molar-refractivity contribution in [3.05, 3.63) is 46.9 Å². The zero-order chi connectivity index (χ0) is 14.7. The molecule has 0 unspecified atom stereocenters. The Bertz CT molecular complexity index is 654. The molecule has 0 aliphatic heterocycles. The summed E-state index contributed by atoms with van der Waals surface area (Å²) in [5.41, 5.74) is 2.93. The normalized spacial score (nSPS) is 10.3. The molecule has 2 rings (SSSR count). The van der Waals surface area contributed by atoms with E-state index in [2.05, 4.69) is 15.3 Å². The Hall–Kier alpha value is -2.43. The molecule has 1 heterocycles. The molecular weight excluding hydrogens is 254 g/mol. The Morgan fingerprint density at radius 3 is 2.70 bits per heavy atom. The minimum Gasteiger partial charge on any atom is -0.478 e. The molecule has 0 saturated carbocycles. The van der Waals surface area contributed by atoms with Crippen molar-refractivity contribution in [3.63, 3.8) is 0 Å². The molecule has 0 amide bonds. The zero-order valence-corrected chi connectivity index (χ0v) is 11.8. The Kier molecular flexibility index (Phi) is 3.98. The van der Waals surface area contributed by atoms with Gasteiger partial charge in [0.05, 0.1) is 5.56 Å². The van der Waals surface area contributed by atoms with Crippen LogP contribution in [0.25, 0.3) is 0 Å². The second kappa shape index (κ2) is 5.69. The second-order valence-electron chi connectivity index (χ2n) is 4.55. The number of nitrogens with zero attached hydrogens (tertiary/aromatic N) is 2. The summed E-state index contributed by atoms with van der Waals surface area (Å²) in [6, 6.07) is 6.68. The summed E-state index contributed by atoms with van der Waals surface area (Å²) in [5.74, 6) is 0.482. The molecular formula is C15H17N3O2. The van der Waals surface area contributed by atoms with Crippen LogP contribution in [0.5, 0.6) is 0 Å². The minimum atomic E-state index is -0.945. The maximum absolute atomic E-state index is 11.0. The summed E-state index contributed by atoms with van der Waals surface area (Å²) in [6.07, 6.45) is 0.813. The molecule has 2 aromatic rings. The number of benzene rings is 1. The third-order valence-corrected chi connectivity index (χ3v) is 3.05. The monoisotopic (exact) mass is 271 g/mol. The summed E-state index contributed by atoms with van der Waals surface area (Å²) >= 11 is 0. The van der Waals surface area contributed by atoms with Gasteiger partial charge in [0.1, 0.15) is 11.6 Å². The maximum atomic E-state index is 11.0. The number of aryl methyl sites for hydroxylation is 2. The molecule has 5 heteroatoms. The van der Waals surface area contributed by atoms with Gasteiger partial charge in [-0.1, -0.05) is 13.0 Å². The third kappa shape index (κ3) is 2.93. The molecule has 0 saturated heterocycles. The number of anilines is 2. The van der Waals surface area contributed by atoms with Gasteiger partial charge >= 0.3 is 5.97 Å². The lowest BCUT2D eigenvalue weighted by Crippen LogP contribution is -2.05. The lowest BCUT2D eigenvalue weighted by Gasteiger charge is -2.13. The number of rotatable bonds is 4. The number of nitrogens with one attached hydrogen (secondary N) is 1. The number of aromatic carboxylic acids is 1. The smallest absolute Gasteiger partial charge is 0.335 e. The fourth-order valence-corrected chi connectivity index (χ4v) is 2.13. The molecule has 1 aromatic carbocycles. The van der Waals surface area contributed by atoms with Crippen LogP contribution in [0.1, 0.15) is 34.4 Å². The maximum Gasteiger partial charge on any atom is 0.335 e. The van der Waals surface area contributed by atoms with E-state index < -0.39 is 5.97 Å². The van der Waals surface area contributed by atoms with Crippen LogP contribution in [0, 0.1) is 13.8 Å². The number of hydrogen-bond donors (Lipinski definition) is 2. The number of carboxylic acids is 1. The molecule has 0 atom stereocenters. The van der Waals surface area contributed by atoms with Crippen molar-refractivity contribution >= 4 is 17.5 Å². The van der Waals surface area contributed by atoms with E-state index in [0.29, 0.717) is 11.5 Å². The lowest BCUT2D eigenvalue weighted by atomic mass is 10.1. The molecule has 5 nitrogen and oxygen atoms in total. The molecule has 0 bridgehead atoms. The summed E-state index contributed by atoms with van der Waals surface area (Å²) in [6.45, 7) is 5.83. The van der Waals surface area contributed by atoms with Gasteiger partial charge in [0.25, 0.3) is 0 Å². The summed E-state index contributed by atoms with van der Waals surface area (Å²) in [5, 5.41) is 12.2. The topological polar surface area (TPSA) is 75.1 Å². The number of carboxylic acid groups (broad SMARTS) is 1.